The van der Waals surface area contributed by atoms with Crippen LogP contribution in [-0.2, 0) is 4.79 Å². The zero-order chi connectivity index (χ0) is 13.5. The fourth-order valence-electron chi connectivity index (χ4n) is 1.28. The molecule has 1 amide bonds. The van der Waals surface area contributed by atoms with Crippen LogP contribution >= 0.6 is 15.9 Å². The Bertz CT molecular complexity index is 410. The molecule has 0 bridgehead atoms. The van der Waals surface area contributed by atoms with Crippen LogP contribution in [0.3, 0.4) is 0 Å². The maximum absolute atomic E-state index is 12.8. The predicted octanol–water partition coefficient (Wildman–Crippen LogP) is 1.85. The van der Waals surface area contributed by atoms with Crippen LogP contribution in [0.5, 0.6) is 5.75 Å². The Morgan fingerprint density at radius 3 is 2.89 bits per heavy atom. The fourth-order valence-corrected chi connectivity index (χ4v) is 1.75. The molecule has 0 aliphatic carbocycles. The Hall–Kier alpha value is -1.14. The van der Waals surface area contributed by atoms with Crippen LogP contribution in [0, 0.1) is 5.82 Å². The number of benzene rings is 1. The number of carbonyl (C=O) groups is 1. The minimum Gasteiger partial charge on any atom is -0.483 e. The van der Waals surface area contributed by atoms with E-state index in [-0.39, 0.29) is 31.0 Å². The molecule has 1 atom stereocenters. The summed E-state index contributed by atoms with van der Waals surface area (Å²) in [6.45, 7) is 1.57. The van der Waals surface area contributed by atoms with Crippen LogP contribution < -0.4 is 10.1 Å². The molecular formula is C12H15BrFNO3. The van der Waals surface area contributed by atoms with Gasteiger partial charge in [-0.05, 0) is 40.5 Å². The van der Waals surface area contributed by atoms with Gasteiger partial charge < -0.3 is 15.2 Å². The summed E-state index contributed by atoms with van der Waals surface area (Å²) in [5, 5.41) is 11.5. The summed E-state index contributed by atoms with van der Waals surface area (Å²) < 4.78 is 18.5. The maximum Gasteiger partial charge on any atom is 0.258 e. The van der Waals surface area contributed by atoms with Gasteiger partial charge >= 0.3 is 0 Å². The second-order valence-corrected chi connectivity index (χ2v) is 4.57. The van der Waals surface area contributed by atoms with Crippen LogP contribution in [0.15, 0.2) is 22.7 Å². The number of nitrogens with one attached hydrogen (secondary N) is 1. The number of carbonyl (C=O) groups excluding carboxylic acids is 1. The zero-order valence-corrected chi connectivity index (χ0v) is 11.5. The topological polar surface area (TPSA) is 58.6 Å². The molecule has 4 nitrogen and oxygen atoms in total. The van der Waals surface area contributed by atoms with E-state index in [4.69, 9.17) is 9.84 Å². The molecule has 1 aromatic rings. The SMILES string of the molecule is CCC(CO)NC(=O)COc1ccc(F)cc1Br. The minimum absolute atomic E-state index is 0.109. The third-order valence-electron chi connectivity index (χ3n) is 2.33. The Balaban J connectivity index is 2.47. The van der Waals surface area contributed by atoms with Crippen LogP contribution in [0.4, 0.5) is 4.39 Å². The summed E-state index contributed by atoms with van der Waals surface area (Å²) in [4.78, 5) is 11.5. The van der Waals surface area contributed by atoms with Crippen molar-refractivity contribution in [2.75, 3.05) is 13.2 Å². The highest BCUT2D eigenvalue weighted by molar-refractivity contribution is 9.10. The highest BCUT2D eigenvalue weighted by Gasteiger charge is 2.10. The Kier molecular flexibility index (Phi) is 6.07. The molecular weight excluding hydrogens is 305 g/mol. The predicted molar refractivity (Wildman–Crippen MR) is 68.9 cm³/mol. The van der Waals surface area contributed by atoms with Crippen molar-refractivity contribution >= 4 is 21.8 Å². The van der Waals surface area contributed by atoms with Crippen molar-refractivity contribution < 1.29 is 19.0 Å². The summed E-state index contributed by atoms with van der Waals surface area (Å²) in [6, 6.07) is 3.68. The lowest BCUT2D eigenvalue weighted by atomic mass is 10.2. The summed E-state index contributed by atoms with van der Waals surface area (Å²) in [5.41, 5.74) is 0. The molecule has 6 heteroatoms. The molecule has 0 saturated carbocycles. The van der Waals surface area contributed by atoms with Gasteiger partial charge in [0.05, 0.1) is 17.1 Å². The van der Waals surface area contributed by atoms with Crippen molar-refractivity contribution in [3.63, 3.8) is 0 Å². The zero-order valence-electron chi connectivity index (χ0n) is 9.95. The molecule has 0 radical (unpaired) electrons. The van der Waals surface area contributed by atoms with E-state index in [0.29, 0.717) is 16.6 Å². The van der Waals surface area contributed by atoms with Crippen molar-refractivity contribution in [3.8, 4) is 5.75 Å². The van der Waals surface area contributed by atoms with E-state index in [0.717, 1.165) is 0 Å². The number of ether oxygens (including phenoxy) is 1. The molecule has 0 saturated heterocycles. The standard InChI is InChI=1S/C12H15BrFNO3/c1-2-9(6-16)15-12(17)7-18-11-4-3-8(14)5-10(11)13/h3-5,9,16H,2,6-7H2,1H3,(H,15,17). The average molecular weight is 320 g/mol. The fraction of sp³-hybridized carbons (Fsp3) is 0.417. The van der Waals surface area contributed by atoms with E-state index in [1.54, 1.807) is 0 Å². The van der Waals surface area contributed by atoms with Gasteiger partial charge in [-0.25, -0.2) is 4.39 Å². The smallest absolute Gasteiger partial charge is 0.258 e. The van der Waals surface area contributed by atoms with Crippen LogP contribution in [0.2, 0.25) is 0 Å². The number of aliphatic hydroxyl groups excluding tert-OH is 1. The summed E-state index contributed by atoms with van der Waals surface area (Å²) in [5.74, 6) is -0.319. The molecule has 0 aromatic heterocycles. The van der Waals surface area contributed by atoms with Gasteiger partial charge in [0.25, 0.3) is 5.91 Å². The van der Waals surface area contributed by atoms with Crippen molar-refractivity contribution in [2.45, 2.75) is 19.4 Å². The highest BCUT2D eigenvalue weighted by Crippen LogP contribution is 2.25. The molecule has 0 heterocycles. The molecule has 1 aromatic carbocycles. The first kappa shape index (κ1) is 14.9. The second-order valence-electron chi connectivity index (χ2n) is 3.72. The Labute approximate surface area is 113 Å². The van der Waals surface area contributed by atoms with Crippen molar-refractivity contribution in [1.82, 2.24) is 5.32 Å². The number of halogens is 2. The number of aliphatic hydroxyl groups is 1. The number of amides is 1. The van der Waals surface area contributed by atoms with Crippen molar-refractivity contribution in [3.05, 3.63) is 28.5 Å². The number of hydrogen-bond acceptors (Lipinski definition) is 3. The first-order valence-electron chi connectivity index (χ1n) is 5.54. The third-order valence-corrected chi connectivity index (χ3v) is 2.95. The van der Waals surface area contributed by atoms with Crippen molar-refractivity contribution in [2.24, 2.45) is 0 Å². The normalized spacial score (nSPS) is 12.0. The highest BCUT2D eigenvalue weighted by atomic mass is 79.9. The van der Waals surface area contributed by atoms with Gasteiger partial charge in [0.15, 0.2) is 6.61 Å². The monoisotopic (exact) mass is 319 g/mol. The average Bonchev–Trinajstić information content (AvgIpc) is 2.35. The van der Waals surface area contributed by atoms with Gasteiger partial charge in [-0.1, -0.05) is 6.92 Å². The van der Waals surface area contributed by atoms with E-state index in [9.17, 15) is 9.18 Å². The molecule has 1 rings (SSSR count). The van der Waals surface area contributed by atoms with Crippen LogP contribution in [0.25, 0.3) is 0 Å². The third kappa shape index (κ3) is 4.62. The van der Waals surface area contributed by atoms with E-state index in [1.165, 1.54) is 18.2 Å². The van der Waals surface area contributed by atoms with Gasteiger partial charge in [-0.3, -0.25) is 4.79 Å². The first-order valence-corrected chi connectivity index (χ1v) is 6.34. The second kappa shape index (κ2) is 7.33. The van der Waals surface area contributed by atoms with E-state index in [2.05, 4.69) is 21.2 Å². The maximum atomic E-state index is 12.8. The molecule has 100 valence electrons. The molecule has 0 aliphatic rings. The van der Waals surface area contributed by atoms with Crippen LogP contribution in [0.1, 0.15) is 13.3 Å². The van der Waals surface area contributed by atoms with E-state index < -0.39 is 0 Å². The van der Waals surface area contributed by atoms with E-state index >= 15 is 0 Å². The molecule has 0 spiro atoms. The molecule has 2 N–H and O–H groups in total. The van der Waals surface area contributed by atoms with Gasteiger partial charge in [0.1, 0.15) is 11.6 Å². The lowest BCUT2D eigenvalue weighted by molar-refractivity contribution is -0.124. The van der Waals surface area contributed by atoms with Gasteiger partial charge in [0, 0.05) is 0 Å². The minimum atomic E-state index is -0.384. The number of hydrogen-bond donors (Lipinski definition) is 2. The molecule has 18 heavy (non-hydrogen) atoms. The molecule has 1 unspecified atom stereocenters. The number of rotatable bonds is 6. The van der Waals surface area contributed by atoms with Gasteiger partial charge in [0.2, 0.25) is 0 Å². The Morgan fingerprint density at radius 2 is 2.33 bits per heavy atom. The van der Waals surface area contributed by atoms with Crippen molar-refractivity contribution in [1.29, 1.82) is 0 Å². The summed E-state index contributed by atoms with van der Waals surface area (Å²) in [6.07, 6.45) is 0.641. The molecule has 0 aliphatic heterocycles. The first-order chi connectivity index (χ1) is 8.56. The van der Waals surface area contributed by atoms with Gasteiger partial charge in [-0.2, -0.15) is 0 Å². The van der Waals surface area contributed by atoms with E-state index in [1.807, 2.05) is 6.92 Å². The summed E-state index contributed by atoms with van der Waals surface area (Å²) in [7, 11) is 0. The molecule has 0 fully saturated rings. The largest absolute Gasteiger partial charge is 0.483 e. The summed E-state index contributed by atoms with van der Waals surface area (Å²) >= 11 is 3.14. The van der Waals surface area contributed by atoms with Gasteiger partial charge in [-0.15, -0.1) is 0 Å². The lowest BCUT2D eigenvalue weighted by Crippen LogP contribution is -2.39. The van der Waals surface area contributed by atoms with Crippen LogP contribution in [-0.4, -0.2) is 30.3 Å². The quantitative estimate of drug-likeness (QED) is 0.841. The lowest BCUT2D eigenvalue weighted by Gasteiger charge is -2.14. The Morgan fingerprint density at radius 1 is 1.61 bits per heavy atom.